The number of hydrogen-bond acceptors (Lipinski definition) is 14. The van der Waals surface area contributed by atoms with Crippen LogP contribution in [0.5, 0.6) is 0 Å². The molecule has 0 fully saturated rings. The zero-order valence-corrected chi connectivity index (χ0v) is 23.4. The van der Waals surface area contributed by atoms with Crippen LogP contribution >= 0.6 is 0 Å². The summed E-state index contributed by atoms with van der Waals surface area (Å²) in [5.41, 5.74) is 3.57. The summed E-state index contributed by atoms with van der Waals surface area (Å²) in [4.78, 5) is 8.63. The number of fused-ring (bicyclic) bond motifs is 2. The van der Waals surface area contributed by atoms with Crippen molar-refractivity contribution in [3.8, 4) is 23.8 Å². The Bertz CT molecular complexity index is 2200. The van der Waals surface area contributed by atoms with E-state index in [1.54, 1.807) is 42.8 Å². The van der Waals surface area contributed by atoms with Gasteiger partial charge in [0.1, 0.15) is 41.2 Å². The van der Waals surface area contributed by atoms with E-state index < -0.39 is 0 Å². The van der Waals surface area contributed by atoms with Crippen molar-refractivity contribution in [1.82, 2.24) is 69.2 Å². The third kappa shape index (κ3) is 3.98. The molecule has 0 radical (unpaired) electrons. The third-order valence-electron chi connectivity index (χ3n) is 6.61. The largest absolute Gasteiger partial charge is 0.258 e. The third-order valence-corrected chi connectivity index (χ3v) is 6.61. The van der Waals surface area contributed by atoms with Gasteiger partial charge in [-0.15, -0.1) is 20.5 Å². The smallest absolute Gasteiger partial charge is 0.197 e. The minimum atomic E-state index is 0.126. The lowest BCUT2D eigenvalue weighted by atomic mass is 10.3. The zero-order chi connectivity index (χ0) is 30.5. The number of hydrogen-bond donors (Lipinski definition) is 2. The Morgan fingerprint density at radius 2 is 1.14 bits per heavy atom. The number of nitrogens with zero attached hydrogens (tertiary/aromatic N) is 18. The van der Waals surface area contributed by atoms with Crippen LogP contribution in [0.25, 0.3) is 22.9 Å². The van der Waals surface area contributed by atoms with Crippen molar-refractivity contribution >= 4 is 34.3 Å². The van der Waals surface area contributed by atoms with Gasteiger partial charge in [0.25, 0.3) is 0 Å². The van der Waals surface area contributed by atoms with Crippen LogP contribution in [0.1, 0.15) is 34.2 Å². The summed E-state index contributed by atoms with van der Waals surface area (Å²) in [5.74, 6) is 2.06. The first-order valence-corrected chi connectivity index (χ1v) is 12.8. The van der Waals surface area contributed by atoms with Gasteiger partial charge in [-0.3, -0.25) is 10.2 Å². The van der Waals surface area contributed by atoms with Crippen LogP contribution in [0.4, 0.5) is 23.0 Å². The van der Waals surface area contributed by atoms with Crippen LogP contribution in [0, 0.1) is 50.4 Å². The molecular formula is C24H18N20. The molecule has 0 aliphatic heterocycles. The predicted octanol–water partition coefficient (Wildman–Crippen LogP) is 3.40. The zero-order valence-electron chi connectivity index (χ0n) is 23.4. The van der Waals surface area contributed by atoms with Gasteiger partial charge in [-0.2, -0.15) is 59.5 Å². The molecule has 0 atom stereocenters. The summed E-state index contributed by atoms with van der Waals surface area (Å²) in [7, 11) is 0. The van der Waals surface area contributed by atoms with E-state index in [4.69, 9.17) is 0 Å². The summed E-state index contributed by atoms with van der Waals surface area (Å²) in [5, 5.41) is 68.3. The van der Waals surface area contributed by atoms with Gasteiger partial charge in [0.05, 0.1) is 23.8 Å². The lowest BCUT2D eigenvalue weighted by Crippen LogP contribution is -2.05. The first-order valence-electron chi connectivity index (χ1n) is 12.8. The Labute approximate surface area is 245 Å². The molecule has 0 spiro atoms. The van der Waals surface area contributed by atoms with E-state index in [9.17, 15) is 10.5 Å². The van der Waals surface area contributed by atoms with Crippen molar-refractivity contribution in [2.45, 2.75) is 27.7 Å². The van der Waals surface area contributed by atoms with Gasteiger partial charge >= 0.3 is 0 Å². The summed E-state index contributed by atoms with van der Waals surface area (Å²) in [6.45, 7) is 7.18. The number of rotatable bonds is 6. The van der Waals surface area contributed by atoms with Crippen LogP contribution in [0.15, 0.2) is 45.2 Å². The standard InChI is InChI=1S/C24H18N20/c1-11-19(23-37-31-13(3)41(23)39-11)33-35-21-15(6-25)8-29-43(21)17-5-18(28-10-27-17)44-22(16(7-26)9-30-44)36-34-20-12(2)40-42-14(4)32-38-24(20)42/h5,8-10,37-38H,1-4H3/b35-33+,36-34+. The normalized spacial score (nSPS) is 11.9. The van der Waals surface area contributed by atoms with E-state index in [1.165, 1.54) is 28.1 Å². The van der Waals surface area contributed by atoms with Crippen LogP contribution in [0.3, 0.4) is 0 Å². The second-order valence-electron chi connectivity index (χ2n) is 9.38. The Kier molecular flexibility index (Phi) is 5.81. The van der Waals surface area contributed by atoms with E-state index in [1.807, 2.05) is 0 Å². The van der Waals surface area contributed by atoms with Crippen LogP contribution in [0.2, 0.25) is 0 Å². The molecule has 2 N–H and O–H groups in total. The quantitative estimate of drug-likeness (QED) is 0.268. The number of azo groups is 2. The van der Waals surface area contributed by atoms with Crippen molar-refractivity contribution < 1.29 is 0 Å². The molecule has 0 aromatic carbocycles. The summed E-state index contributed by atoms with van der Waals surface area (Å²) in [6, 6.07) is 5.69. The van der Waals surface area contributed by atoms with Crippen molar-refractivity contribution in [3.63, 3.8) is 0 Å². The van der Waals surface area contributed by atoms with E-state index >= 15 is 0 Å². The molecule has 7 rings (SSSR count). The molecule has 0 bridgehead atoms. The highest BCUT2D eigenvalue weighted by Gasteiger charge is 2.20. The maximum Gasteiger partial charge on any atom is 0.197 e. The van der Waals surface area contributed by atoms with Crippen molar-refractivity contribution in [1.29, 1.82) is 10.5 Å². The van der Waals surface area contributed by atoms with Crippen LogP contribution in [-0.2, 0) is 0 Å². The van der Waals surface area contributed by atoms with Gasteiger partial charge in [0, 0.05) is 6.07 Å². The fourth-order valence-electron chi connectivity index (χ4n) is 4.44. The van der Waals surface area contributed by atoms with Gasteiger partial charge in [0.2, 0.25) is 0 Å². The van der Waals surface area contributed by atoms with Crippen molar-refractivity contribution in [3.05, 3.63) is 59.0 Å². The molecule has 0 aliphatic carbocycles. The van der Waals surface area contributed by atoms with Crippen LogP contribution < -0.4 is 0 Å². The van der Waals surface area contributed by atoms with E-state index in [-0.39, 0.29) is 34.4 Å². The lowest BCUT2D eigenvalue weighted by molar-refractivity contribution is 0.798. The molecule has 0 amide bonds. The van der Waals surface area contributed by atoms with Crippen LogP contribution in [-0.4, -0.2) is 69.2 Å². The minimum Gasteiger partial charge on any atom is -0.258 e. The van der Waals surface area contributed by atoms with Gasteiger partial charge in [-0.1, -0.05) is 0 Å². The number of nitrogens with one attached hydrogen (secondary N) is 2. The number of H-pyrrole nitrogens is 2. The fraction of sp³-hybridized carbons (Fsp3) is 0.167. The molecule has 44 heavy (non-hydrogen) atoms. The average Bonchev–Trinajstić information content (AvgIpc) is 3.87. The SMILES string of the molecule is Cc1nn2c(C)n[nH]c2c1/N=N/c1c(C#N)cnn1-c1cc(-n2ncc(C#N)c2/N=N/c2c(C)nn3c(C)n[nH]c23)ncn1. The predicted molar refractivity (Wildman–Crippen MR) is 148 cm³/mol. The maximum absolute atomic E-state index is 9.74. The lowest BCUT2D eigenvalue weighted by Gasteiger charge is -2.06. The average molecular weight is 587 g/mol. The Morgan fingerprint density at radius 3 is 1.57 bits per heavy atom. The highest BCUT2D eigenvalue weighted by Crippen LogP contribution is 2.31. The number of aromatic nitrogens is 14. The molecule has 7 aromatic rings. The van der Waals surface area contributed by atoms with Crippen molar-refractivity contribution in [2.24, 2.45) is 20.5 Å². The summed E-state index contributed by atoms with van der Waals surface area (Å²) in [6.07, 6.45) is 3.99. The first kappa shape index (κ1) is 26.0. The Morgan fingerprint density at radius 1 is 0.682 bits per heavy atom. The molecule has 0 saturated carbocycles. The molecule has 20 nitrogen and oxygen atoms in total. The van der Waals surface area contributed by atoms with E-state index in [2.05, 4.69) is 83.4 Å². The highest BCUT2D eigenvalue weighted by atomic mass is 15.4. The summed E-state index contributed by atoms with van der Waals surface area (Å²) < 4.78 is 5.91. The molecule has 0 unspecified atom stereocenters. The van der Waals surface area contributed by atoms with Gasteiger partial charge in [-0.25, -0.2) is 9.97 Å². The summed E-state index contributed by atoms with van der Waals surface area (Å²) >= 11 is 0. The van der Waals surface area contributed by atoms with Gasteiger partial charge in [-0.05, 0) is 27.7 Å². The maximum atomic E-state index is 9.74. The second-order valence-corrected chi connectivity index (χ2v) is 9.38. The first-order chi connectivity index (χ1) is 21.4. The highest BCUT2D eigenvalue weighted by molar-refractivity contribution is 5.67. The second kappa shape index (κ2) is 9.85. The van der Waals surface area contributed by atoms with Gasteiger partial charge < -0.3 is 0 Å². The molecular weight excluding hydrogens is 568 g/mol. The molecule has 0 saturated heterocycles. The topological polar surface area (TPSA) is 250 Å². The van der Waals surface area contributed by atoms with Crippen molar-refractivity contribution in [2.75, 3.05) is 0 Å². The molecule has 7 heterocycles. The van der Waals surface area contributed by atoms with E-state index in [0.717, 1.165) is 0 Å². The number of nitriles is 2. The number of aryl methyl sites for hydroxylation is 4. The monoisotopic (exact) mass is 586 g/mol. The molecule has 20 heteroatoms. The molecule has 0 aliphatic rings. The van der Waals surface area contributed by atoms with E-state index in [0.29, 0.717) is 45.7 Å². The number of aromatic amines is 2. The molecule has 7 aromatic heterocycles. The fourth-order valence-corrected chi connectivity index (χ4v) is 4.44. The Balaban J connectivity index is 1.28. The molecule has 214 valence electrons. The Hall–Kier alpha value is -6.96. The minimum absolute atomic E-state index is 0.126. The van der Waals surface area contributed by atoms with Gasteiger partial charge in [0.15, 0.2) is 45.9 Å².